The van der Waals surface area contributed by atoms with Gasteiger partial charge < -0.3 is 10.1 Å². The number of methoxy groups -OCH3 is 1. The van der Waals surface area contributed by atoms with Gasteiger partial charge in [-0.3, -0.25) is 4.90 Å². The number of quaternary nitrogens is 1. The molecule has 3 atom stereocenters. The first kappa shape index (κ1) is 18.6. The largest absolute Gasteiger partial charge is 0.497 e. The molecule has 2 aliphatic rings. The van der Waals surface area contributed by atoms with Crippen molar-refractivity contribution in [2.45, 2.75) is 51.8 Å². The Labute approximate surface area is 156 Å². The highest BCUT2D eigenvalue weighted by Crippen LogP contribution is 2.37. The van der Waals surface area contributed by atoms with E-state index in [9.17, 15) is 0 Å². The van der Waals surface area contributed by atoms with Crippen molar-refractivity contribution in [3.63, 3.8) is 0 Å². The maximum Gasteiger partial charge on any atom is 0.175 e. The molecule has 1 aromatic rings. The van der Waals surface area contributed by atoms with Crippen LogP contribution in [-0.4, -0.2) is 31.7 Å². The highest BCUT2D eigenvalue weighted by Gasteiger charge is 2.37. The third-order valence-corrected chi connectivity index (χ3v) is 6.42. The van der Waals surface area contributed by atoms with Crippen molar-refractivity contribution in [3.05, 3.63) is 29.8 Å². The minimum atomic E-state index is 0.475. The van der Waals surface area contributed by atoms with Crippen molar-refractivity contribution >= 4 is 16.9 Å². The minimum absolute atomic E-state index is 0.475. The molecule has 0 radical (unpaired) electrons. The van der Waals surface area contributed by atoms with Gasteiger partial charge in [0.2, 0.25) is 0 Å². The Kier molecular flexibility index (Phi) is 5.95. The molecule has 1 unspecified atom stereocenters. The Morgan fingerprint density at radius 1 is 1.28 bits per heavy atom. The second-order valence-corrected chi connectivity index (χ2v) is 9.34. The molecular weight excluding hydrogens is 330 g/mol. The van der Waals surface area contributed by atoms with E-state index in [4.69, 9.17) is 9.73 Å². The number of hydrogen-bond donors (Lipinski definition) is 2. The van der Waals surface area contributed by atoms with Gasteiger partial charge >= 0.3 is 0 Å². The van der Waals surface area contributed by atoms with Gasteiger partial charge in [-0.15, -0.1) is 0 Å². The Morgan fingerprint density at radius 2 is 2.04 bits per heavy atom. The first-order valence-electron chi connectivity index (χ1n) is 9.34. The Balaban J connectivity index is 1.50. The molecule has 0 aromatic heterocycles. The number of thioether (sulfide) groups is 1. The molecule has 3 rings (SSSR count). The van der Waals surface area contributed by atoms with E-state index in [0.29, 0.717) is 5.41 Å². The number of benzene rings is 1. The predicted molar refractivity (Wildman–Crippen MR) is 106 cm³/mol. The van der Waals surface area contributed by atoms with E-state index in [2.05, 4.69) is 38.2 Å². The fourth-order valence-corrected chi connectivity index (χ4v) is 5.20. The monoisotopic (exact) mass is 362 g/mol. The lowest BCUT2D eigenvalue weighted by Crippen LogP contribution is -3.18. The number of ether oxygens (including phenoxy) is 1. The third-order valence-electron chi connectivity index (χ3n) is 5.39. The molecule has 4 nitrogen and oxygen atoms in total. The van der Waals surface area contributed by atoms with E-state index in [1.165, 1.54) is 24.8 Å². The van der Waals surface area contributed by atoms with Crippen LogP contribution >= 0.6 is 11.8 Å². The number of nitrogens with one attached hydrogen (secondary N) is 2. The van der Waals surface area contributed by atoms with Crippen LogP contribution in [0, 0.1) is 11.3 Å². The molecule has 1 aliphatic heterocycles. The zero-order valence-electron chi connectivity index (χ0n) is 16.0. The Hall–Kier alpha value is -1.20. The molecule has 0 spiro atoms. The summed E-state index contributed by atoms with van der Waals surface area (Å²) in [5.41, 5.74) is 1.77. The van der Waals surface area contributed by atoms with Crippen LogP contribution in [0.4, 0.5) is 0 Å². The summed E-state index contributed by atoms with van der Waals surface area (Å²) >= 11 is 1.80. The Morgan fingerprint density at radius 3 is 2.64 bits per heavy atom. The van der Waals surface area contributed by atoms with Crippen LogP contribution < -0.4 is 15.0 Å². The van der Waals surface area contributed by atoms with Gasteiger partial charge in [0.1, 0.15) is 5.75 Å². The SMILES string of the molecule is COc1ccc(CSC2=NC[NH+]([C@@H]3C[C@H](C)CC(C)(C)C3)CN2)cc1. The second kappa shape index (κ2) is 8.00. The van der Waals surface area contributed by atoms with E-state index in [1.54, 1.807) is 23.8 Å². The van der Waals surface area contributed by atoms with Crippen molar-refractivity contribution in [2.24, 2.45) is 16.3 Å². The van der Waals surface area contributed by atoms with Crippen molar-refractivity contribution in [1.29, 1.82) is 0 Å². The number of aliphatic imine (C=N–C) groups is 1. The maximum absolute atomic E-state index is 5.21. The number of amidine groups is 1. The predicted octanol–water partition coefficient (Wildman–Crippen LogP) is 2.90. The summed E-state index contributed by atoms with van der Waals surface area (Å²) in [6.45, 7) is 9.16. The minimum Gasteiger partial charge on any atom is -0.497 e. The molecule has 25 heavy (non-hydrogen) atoms. The lowest BCUT2D eigenvalue weighted by Gasteiger charge is -2.42. The zero-order valence-corrected chi connectivity index (χ0v) is 16.8. The fourth-order valence-electron chi connectivity index (χ4n) is 4.37. The fraction of sp³-hybridized carbons (Fsp3) is 0.650. The molecule has 0 saturated heterocycles. The van der Waals surface area contributed by atoms with Crippen LogP contribution in [0.3, 0.4) is 0 Å². The van der Waals surface area contributed by atoms with Crippen molar-refractivity contribution < 1.29 is 9.64 Å². The van der Waals surface area contributed by atoms with Crippen molar-refractivity contribution in [3.8, 4) is 5.75 Å². The van der Waals surface area contributed by atoms with E-state index in [0.717, 1.165) is 42.0 Å². The first-order valence-corrected chi connectivity index (χ1v) is 10.3. The van der Waals surface area contributed by atoms with E-state index >= 15 is 0 Å². The van der Waals surface area contributed by atoms with Crippen LogP contribution in [0.1, 0.15) is 45.6 Å². The molecule has 1 aliphatic carbocycles. The van der Waals surface area contributed by atoms with Crippen molar-refractivity contribution in [2.75, 3.05) is 20.4 Å². The topological polar surface area (TPSA) is 38.1 Å². The summed E-state index contributed by atoms with van der Waals surface area (Å²) in [5, 5.41) is 4.64. The summed E-state index contributed by atoms with van der Waals surface area (Å²) in [7, 11) is 1.70. The standard InChI is InChI=1S/C20H31N3OS/c1-15-9-17(11-20(2,3)10-15)23-13-21-19(22-14-23)25-12-16-5-7-18(24-4)8-6-16/h5-8,15,17H,9-14H2,1-4H3,(H,21,22)/p+1/t15-,17+/m0/s1. The number of nitrogens with zero attached hydrogens (tertiary/aromatic N) is 1. The van der Waals surface area contributed by atoms with Crippen LogP contribution in [0.15, 0.2) is 29.3 Å². The molecule has 1 heterocycles. The first-order chi connectivity index (χ1) is 11.9. The van der Waals surface area contributed by atoms with Crippen LogP contribution in [0.2, 0.25) is 0 Å². The van der Waals surface area contributed by atoms with E-state index < -0.39 is 0 Å². The summed E-state index contributed by atoms with van der Waals surface area (Å²) in [5.74, 6) is 2.68. The van der Waals surface area contributed by atoms with Crippen LogP contribution in [0.25, 0.3) is 0 Å². The molecule has 1 saturated carbocycles. The normalized spacial score (nSPS) is 28.8. The van der Waals surface area contributed by atoms with Crippen LogP contribution in [0.5, 0.6) is 5.75 Å². The molecule has 0 amide bonds. The summed E-state index contributed by atoms with van der Waals surface area (Å²) < 4.78 is 5.21. The average Bonchev–Trinajstić information content (AvgIpc) is 2.59. The second-order valence-electron chi connectivity index (χ2n) is 8.38. The highest BCUT2D eigenvalue weighted by atomic mass is 32.2. The molecule has 0 bridgehead atoms. The maximum atomic E-state index is 5.21. The van der Waals surface area contributed by atoms with Gasteiger partial charge in [0.05, 0.1) is 13.2 Å². The molecular formula is C20H32N3OS+. The molecule has 1 aromatic carbocycles. The Bertz CT molecular complexity index is 599. The van der Waals surface area contributed by atoms with E-state index in [-0.39, 0.29) is 0 Å². The molecule has 5 heteroatoms. The van der Waals surface area contributed by atoms with Gasteiger partial charge in [-0.05, 0) is 35.4 Å². The summed E-state index contributed by atoms with van der Waals surface area (Å²) in [4.78, 5) is 6.42. The van der Waals surface area contributed by atoms with Gasteiger partial charge in [0.15, 0.2) is 18.5 Å². The smallest absolute Gasteiger partial charge is 0.175 e. The van der Waals surface area contributed by atoms with Crippen LogP contribution in [-0.2, 0) is 5.75 Å². The third kappa shape index (κ3) is 5.14. The molecule has 2 N–H and O–H groups in total. The van der Waals surface area contributed by atoms with E-state index in [1.807, 2.05) is 12.1 Å². The number of hydrogen-bond acceptors (Lipinski definition) is 4. The van der Waals surface area contributed by atoms with Gasteiger partial charge in [-0.2, -0.15) is 0 Å². The zero-order chi connectivity index (χ0) is 17.9. The summed E-state index contributed by atoms with van der Waals surface area (Å²) in [6, 6.07) is 9.02. The van der Waals surface area contributed by atoms with Gasteiger partial charge in [-0.25, -0.2) is 4.99 Å². The van der Waals surface area contributed by atoms with Gasteiger partial charge in [0.25, 0.3) is 0 Å². The van der Waals surface area contributed by atoms with Gasteiger partial charge in [-0.1, -0.05) is 44.7 Å². The lowest BCUT2D eigenvalue weighted by molar-refractivity contribution is -0.930. The molecule has 138 valence electrons. The number of rotatable bonds is 4. The van der Waals surface area contributed by atoms with Gasteiger partial charge in [0, 0.05) is 18.6 Å². The lowest BCUT2D eigenvalue weighted by atomic mass is 9.70. The quantitative estimate of drug-likeness (QED) is 0.865. The highest BCUT2D eigenvalue weighted by molar-refractivity contribution is 8.13. The van der Waals surface area contributed by atoms with Crippen molar-refractivity contribution in [1.82, 2.24) is 5.32 Å². The molecule has 1 fully saturated rings. The summed E-state index contributed by atoms with van der Waals surface area (Å²) in [6.07, 6.45) is 4.01. The average molecular weight is 363 g/mol.